The van der Waals surface area contributed by atoms with Crippen molar-refractivity contribution < 1.29 is 9.59 Å². The van der Waals surface area contributed by atoms with Gasteiger partial charge in [0.15, 0.2) is 0 Å². The molecule has 1 amide bonds. The molecule has 1 aromatic rings. The van der Waals surface area contributed by atoms with Gasteiger partial charge in [0, 0.05) is 30.1 Å². The van der Waals surface area contributed by atoms with Gasteiger partial charge in [0.1, 0.15) is 5.78 Å². The number of hydrogen-bond acceptors (Lipinski definition) is 3. The summed E-state index contributed by atoms with van der Waals surface area (Å²) in [5, 5.41) is 3.08. The predicted octanol–water partition coefficient (Wildman–Crippen LogP) is 2.65. The Labute approximate surface area is 125 Å². The fraction of sp³-hybridized carbons (Fsp3) is 0.588. The Balaban J connectivity index is 1.62. The minimum atomic E-state index is -0.0383. The summed E-state index contributed by atoms with van der Waals surface area (Å²) >= 11 is 0. The van der Waals surface area contributed by atoms with Crippen molar-refractivity contribution in [2.24, 2.45) is 17.8 Å². The molecule has 2 fully saturated rings. The monoisotopic (exact) mass is 286 g/mol. The van der Waals surface area contributed by atoms with Gasteiger partial charge >= 0.3 is 0 Å². The first-order valence-corrected chi connectivity index (χ1v) is 7.89. The van der Waals surface area contributed by atoms with Crippen LogP contribution in [0.1, 0.15) is 50.6 Å². The number of rotatable bonds is 3. The number of carbonyl (C=O) groups is 2. The third-order valence-electron chi connectivity index (χ3n) is 4.96. The van der Waals surface area contributed by atoms with E-state index in [4.69, 9.17) is 0 Å². The van der Waals surface area contributed by atoms with Gasteiger partial charge in [-0.2, -0.15) is 0 Å². The van der Waals surface area contributed by atoms with Gasteiger partial charge in [0.2, 0.25) is 5.91 Å². The van der Waals surface area contributed by atoms with Crippen LogP contribution in [0, 0.1) is 17.8 Å². The molecule has 112 valence electrons. The second kappa shape index (κ2) is 5.96. The lowest BCUT2D eigenvalue weighted by Crippen LogP contribution is -2.43. The lowest BCUT2D eigenvalue weighted by Gasteiger charge is -2.37. The summed E-state index contributed by atoms with van der Waals surface area (Å²) in [7, 11) is 0. The molecule has 4 nitrogen and oxygen atoms in total. The van der Waals surface area contributed by atoms with Crippen molar-refractivity contribution in [1.82, 2.24) is 10.3 Å². The number of aromatic nitrogens is 1. The molecule has 1 heterocycles. The maximum Gasteiger partial charge on any atom is 0.223 e. The third kappa shape index (κ3) is 2.99. The minimum Gasteiger partial charge on any atom is -0.349 e. The van der Waals surface area contributed by atoms with Crippen molar-refractivity contribution in [3.63, 3.8) is 0 Å². The van der Waals surface area contributed by atoms with Crippen molar-refractivity contribution in [3.8, 4) is 0 Å². The Hall–Kier alpha value is -1.71. The molecule has 4 heteroatoms. The predicted molar refractivity (Wildman–Crippen MR) is 79.4 cm³/mol. The van der Waals surface area contributed by atoms with Crippen LogP contribution in [0.5, 0.6) is 0 Å². The van der Waals surface area contributed by atoms with Crippen molar-refractivity contribution >= 4 is 11.7 Å². The van der Waals surface area contributed by atoms with E-state index in [-0.39, 0.29) is 29.7 Å². The molecule has 2 saturated carbocycles. The number of pyridine rings is 1. The fourth-order valence-electron chi connectivity index (χ4n) is 3.74. The number of nitrogens with one attached hydrogen (secondary N) is 1. The molecule has 1 unspecified atom stereocenters. The van der Waals surface area contributed by atoms with Crippen molar-refractivity contribution in [3.05, 3.63) is 30.1 Å². The number of hydrogen-bond donors (Lipinski definition) is 1. The van der Waals surface area contributed by atoms with Crippen LogP contribution < -0.4 is 5.32 Å². The molecule has 4 atom stereocenters. The van der Waals surface area contributed by atoms with Crippen molar-refractivity contribution in [1.29, 1.82) is 0 Å². The van der Waals surface area contributed by atoms with E-state index in [1.165, 1.54) is 0 Å². The van der Waals surface area contributed by atoms with Gasteiger partial charge in [-0.3, -0.25) is 14.6 Å². The maximum atomic E-state index is 12.5. The molecule has 21 heavy (non-hydrogen) atoms. The normalized spacial score (nSPS) is 29.8. The Morgan fingerprint density at radius 2 is 2.05 bits per heavy atom. The lowest BCUT2D eigenvalue weighted by atomic mass is 9.67. The van der Waals surface area contributed by atoms with Crippen LogP contribution in [-0.2, 0) is 9.59 Å². The highest BCUT2D eigenvalue weighted by atomic mass is 16.2. The minimum absolute atomic E-state index is 0.00267. The van der Waals surface area contributed by atoms with Gasteiger partial charge in [-0.05, 0) is 44.2 Å². The summed E-state index contributed by atoms with van der Waals surface area (Å²) < 4.78 is 0. The van der Waals surface area contributed by atoms with E-state index in [1.54, 1.807) is 12.4 Å². The first-order chi connectivity index (χ1) is 10.1. The molecular weight excluding hydrogens is 264 g/mol. The fourth-order valence-corrected chi connectivity index (χ4v) is 3.74. The van der Waals surface area contributed by atoms with Crippen LogP contribution >= 0.6 is 0 Å². The first-order valence-electron chi connectivity index (χ1n) is 7.89. The second-order valence-electron chi connectivity index (χ2n) is 6.41. The number of carbonyl (C=O) groups excluding carboxylic acids is 2. The molecular formula is C17H22N2O2. The van der Waals surface area contributed by atoms with Gasteiger partial charge in [-0.1, -0.05) is 12.5 Å². The molecule has 1 aromatic heterocycles. The number of amides is 1. The molecule has 0 saturated heterocycles. The average molecular weight is 286 g/mol. The smallest absolute Gasteiger partial charge is 0.223 e. The zero-order valence-corrected chi connectivity index (χ0v) is 12.4. The van der Waals surface area contributed by atoms with Gasteiger partial charge in [0.25, 0.3) is 0 Å². The second-order valence-corrected chi connectivity index (χ2v) is 6.41. The van der Waals surface area contributed by atoms with Gasteiger partial charge < -0.3 is 5.32 Å². The van der Waals surface area contributed by atoms with Gasteiger partial charge in [-0.25, -0.2) is 0 Å². The van der Waals surface area contributed by atoms with Crippen LogP contribution in [0.25, 0.3) is 0 Å². The molecule has 0 radical (unpaired) electrons. The number of Topliss-reactive ketones (excluding diaryl/α,β-unsaturated/α-hetero) is 1. The highest BCUT2D eigenvalue weighted by Crippen LogP contribution is 2.40. The molecule has 0 aromatic carbocycles. The van der Waals surface area contributed by atoms with Crippen LogP contribution in [0.3, 0.4) is 0 Å². The van der Waals surface area contributed by atoms with E-state index >= 15 is 0 Å². The largest absolute Gasteiger partial charge is 0.349 e. The van der Waals surface area contributed by atoms with Crippen LogP contribution in [0.2, 0.25) is 0 Å². The lowest BCUT2D eigenvalue weighted by molar-refractivity contribution is -0.137. The molecule has 2 bridgehead atoms. The quantitative estimate of drug-likeness (QED) is 0.929. The summed E-state index contributed by atoms with van der Waals surface area (Å²) in [6.07, 6.45) is 8.06. The van der Waals surface area contributed by atoms with Crippen LogP contribution in [0.15, 0.2) is 24.5 Å². The summed E-state index contributed by atoms with van der Waals surface area (Å²) in [5.74, 6) is 0.752. The van der Waals surface area contributed by atoms with E-state index in [9.17, 15) is 9.59 Å². The molecule has 3 rings (SSSR count). The van der Waals surface area contributed by atoms with E-state index in [0.717, 1.165) is 37.7 Å². The zero-order valence-electron chi connectivity index (χ0n) is 12.4. The van der Waals surface area contributed by atoms with E-state index in [1.807, 2.05) is 19.1 Å². The summed E-state index contributed by atoms with van der Waals surface area (Å²) in [4.78, 5) is 28.6. The molecule has 0 aliphatic heterocycles. The van der Waals surface area contributed by atoms with E-state index in [0.29, 0.717) is 5.78 Å². The van der Waals surface area contributed by atoms with Crippen molar-refractivity contribution in [2.45, 2.75) is 45.1 Å². The first kappa shape index (κ1) is 14.2. The number of fused-ring (bicyclic) bond motifs is 2. The highest BCUT2D eigenvalue weighted by molar-refractivity contribution is 5.88. The van der Waals surface area contributed by atoms with Crippen LogP contribution in [0.4, 0.5) is 0 Å². The summed E-state index contributed by atoms with van der Waals surface area (Å²) in [6, 6.07) is 3.81. The highest BCUT2D eigenvalue weighted by Gasteiger charge is 2.41. The van der Waals surface area contributed by atoms with Gasteiger partial charge in [0.05, 0.1) is 6.04 Å². The van der Waals surface area contributed by atoms with Crippen molar-refractivity contribution in [2.75, 3.05) is 0 Å². The molecule has 2 aliphatic rings. The van der Waals surface area contributed by atoms with E-state index < -0.39 is 0 Å². The maximum absolute atomic E-state index is 12.5. The molecule has 0 spiro atoms. The average Bonchev–Trinajstić information content (AvgIpc) is 2.47. The zero-order chi connectivity index (χ0) is 14.8. The summed E-state index contributed by atoms with van der Waals surface area (Å²) in [5.41, 5.74) is 1.01. The summed E-state index contributed by atoms with van der Waals surface area (Å²) in [6.45, 7) is 1.98. The molecule has 2 aliphatic carbocycles. The standard InChI is InChI=1S/C17H22N2O2/c1-11(14-6-3-7-18-10-14)19-17(21)15-8-12-4-2-5-13(9-15)16(12)20/h3,6-7,10-13,15H,2,4-5,8-9H2,1H3,(H,19,21)/t11-,12-,13+,15?/m0/s1. The Kier molecular flexibility index (Phi) is 4.04. The number of ketones is 1. The Morgan fingerprint density at radius 1 is 1.33 bits per heavy atom. The van der Waals surface area contributed by atoms with Crippen LogP contribution in [-0.4, -0.2) is 16.7 Å². The molecule has 1 N–H and O–H groups in total. The Bertz CT molecular complexity index is 513. The van der Waals surface area contributed by atoms with E-state index in [2.05, 4.69) is 10.3 Å². The topological polar surface area (TPSA) is 59.1 Å². The number of nitrogens with zero attached hydrogens (tertiary/aromatic N) is 1. The van der Waals surface area contributed by atoms with Gasteiger partial charge in [-0.15, -0.1) is 0 Å². The third-order valence-corrected chi connectivity index (χ3v) is 4.96. The Morgan fingerprint density at radius 3 is 2.67 bits per heavy atom. The SMILES string of the molecule is C[C@H](NC(=O)C1C[C@H]2CCC[C@@H](C1)C2=O)c1cccnc1.